The van der Waals surface area contributed by atoms with E-state index in [1.807, 2.05) is 0 Å². The summed E-state index contributed by atoms with van der Waals surface area (Å²) in [6, 6.07) is 0. The highest BCUT2D eigenvalue weighted by molar-refractivity contribution is 6.21. The molecule has 1 nitrogen and oxygen atoms in total. The summed E-state index contributed by atoms with van der Waals surface area (Å²) < 4.78 is 0. The second-order valence-electron chi connectivity index (χ2n) is 2.89. The van der Waals surface area contributed by atoms with Crippen LogP contribution in [-0.4, -0.2) is 16.1 Å². The summed E-state index contributed by atoms with van der Waals surface area (Å²) in [4.78, 5) is 0. The van der Waals surface area contributed by atoms with Gasteiger partial charge in [0, 0.05) is 0 Å². The topological polar surface area (TPSA) is 20.2 Å². The fraction of sp³-hybridized carbons (Fsp3) is 0.857. The van der Waals surface area contributed by atoms with E-state index in [1.54, 1.807) is 6.92 Å². The first-order valence-corrected chi connectivity index (χ1v) is 3.75. The number of halogens is 1. The predicted molar refractivity (Wildman–Crippen MR) is 38.4 cm³/mol. The van der Waals surface area contributed by atoms with Gasteiger partial charge in [0.25, 0.3) is 0 Å². The van der Waals surface area contributed by atoms with Crippen LogP contribution in [0, 0.1) is 6.42 Å². The molecule has 0 aromatic carbocycles. The largest absolute Gasteiger partial charge is 0.389 e. The summed E-state index contributed by atoms with van der Waals surface area (Å²) in [6.07, 6.45) is 4.79. The minimum atomic E-state index is -0.653. The molecule has 1 fully saturated rings. The molecule has 0 aromatic heterocycles. The Morgan fingerprint density at radius 3 is 2.78 bits per heavy atom. The lowest BCUT2D eigenvalue weighted by molar-refractivity contribution is 0.0415. The molecule has 1 N–H and O–H groups in total. The third-order valence-corrected chi connectivity index (χ3v) is 2.54. The first kappa shape index (κ1) is 7.36. The van der Waals surface area contributed by atoms with Gasteiger partial charge < -0.3 is 5.11 Å². The third kappa shape index (κ3) is 1.59. The zero-order valence-corrected chi connectivity index (χ0v) is 6.36. The molecule has 1 radical (unpaired) electrons. The van der Waals surface area contributed by atoms with Crippen LogP contribution in [0.15, 0.2) is 0 Å². The number of hydrogen-bond donors (Lipinski definition) is 1. The molecule has 1 aliphatic rings. The Bertz CT molecular complexity index is 101. The summed E-state index contributed by atoms with van der Waals surface area (Å²) >= 11 is 5.84. The molecule has 1 aliphatic carbocycles. The predicted octanol–water partition coefficient (Wildman–Crippen LogP) is 1.73. The van der Waals surface area contributed by atoms with Gasteiger partial charge in [-0.2, -0.15) is 0 Å². The van der Waals surface area contributed by atoms with Crippen molar-refractivity contribution in [3.8, 4) is 0 Å². The van der Waals surface area contributed by atoms with Crippen molar-refractivity contribution in [1.82, 2.24) is 0 Å². The highest BCUT2D eigenvalue weighted by Crippen LogP contribution is 2.30. The lowest BCUT2D eigenvalue weighted by Gasteiger charge is -2.32. The van der Waals surface area contributed by atoms with Gasteiger partial charge in [0.15, 0.2) is 0 Å². The van der Waals surface area contributed by atoms with Gasteiger partial charge in [-0.05, 0) is 32.6 Å². The second kappa shape index (κ2) is 2.47. The van der Waals surface area contributed by atoms with E-state index >= 15 is 0 Å². The first-order valence-electron chi connectivity index (χ1n) is 3.31. The summed E-state index contributed by atoms with van der Waals surface area (Å²) in [6.45, 7) is 1.79. The van der Waals surface area contributed by atoms with Crippen LogP contribution >= 0.6 is 11.6 Å². The van der Waals surface area contributed by atoms with Gasteiger partial charge in [0.1, 0.15) is 0 Å². The van der Waals surface area contributed by atoms with Crippen LogP contribution in [0.4, 0.5) is 0 Å². The van der Waals surface area contributed by atoms with Crippen LogP contribution in [0.2, 0.25) is 0 Å². The van der Waals surface area contributed by atoms with Gasteiger partial charge in [-0.3, -0.25) is 0 Å². The van der Waals surface area contributed by atoms with E-state index in [2.05, 4.69) is 6.42 Å². The molecule has 2 heteroatoms. The number of rotatable bonds is 0. The highest BCUT2D eigenvalue weighted by Gasteiger charge is 2.32. The Morgan fingerprint density at radius 2 is 2.44 bits per heavy atom. The van der Waals surface area contributed by atoms with Crippen molar-refractivity contribution in [1.29, 1.82) is 0 Å². The van der Waals surface area contributed by atoms with Gasteiger partial charge in [-0.15, -0.1) is 11.6 Å². The maximum Gasteiger partial charge on any atom is 0.0785 e. The van der Waals surface area contributed by atoms with E-state index in [0.717, 1.165) is 19.3 Å². The molecule has 2 atom stereocenters. The van der Waals surface area contributed by atoms with E-state index < -0.39 is 5.60 Å². The SMILES string of the molecule is CC1(O)C[CH]CCC1Cl. The Balaban J connectivity index is 2.49. The normalized spacial score (nSPS) is 45.0. The lowest BCUT2D eigenvalue weighted by atomic mass is 9.86. The molecule has 0 aliphatic heterocycles. The Morgan fingerprint density at radius 1 is 1.78 bits per heavy atom. The minimum absolute atomic E-state index is 0.0532. The summed E-state index contributed by atoms with van der Waals surface area (Å²) in [7, 11) is 0. The summed E-state index contributed by atoms with van der Waals surface area (Å²) in [5.41, 5.74) is -0.653. The van der Waals surface area contributed by atoms with E-state index in [4.69, 9.17) is 11.6 Å². The minimum Gasteiger partial charge on any atom is -0.389 e. The maximum absolute atomic E-state index is 9.48. The monoisotopic (exact) mass is 147 g/mol. The molecule has 0 spiro atoms. The van der Waals surface area contributed by atoms with E-state index in [9.17, 15) is 5.11 Å². The lowest BCUT2D eigenvalue weighted by Crippen LogP contribution is -2.38. The van der Waals surface area contributed by atoms with Crippen molar-refractivity contribution in [3.63, 3.8) is 0 Å². The standard InChI is InChI=1S/C7H12ClO/c1-7(9)5-3-2-4-6(7)8/h3,6,9H,2,4-5H2,1H3. The van der Waals surface area contributed by atoms with Crippen molar-refractivity contribution >= 4 is 11.6 Å². The molecule has 0 bridgehead atoms. The molecular weight excluding hydrogens is 136 g/mol. The molecule has 2 unspecified atom stereocenters. The average Bonchev–Trinajstić information content (AvgIpc) is 1.77. The number of aliphatic hydroxyl groups is 1. The summed E-state index contributed by atoms with van der Waals surface area (Å²) in [5.74, 6) is 0. The fourth-order valence-electron chi connectivity index (χ4n) is 1.10. The Kier molecular flexibility index (Phi) is 2.02. The van der Waals surface area contributed by atoms with Crippen molar-refractivity contribution in [2.45, 2.75) is 37.2 Å². The van der Waals surface area contributed by atoms with Crippen LogP contribution in [0.3, 0.4) is 0 Å². The van der Waals surface area contributed by atoms with Crippen LogP contribution in [-0.2, 0) is 0 Å². The first-order chi connectivity index (χ1) is 4.13. The molecule has 0 heterocycles. The molecule has 0 amide bonds. The maximum atomic E-state index is 9.48. The molecule has 1 rings (SSSR count). The summed E-state index contributed by atoms with van der Waals surface area (Å²) in [5, 5.41) is 9.43. The number of alkyl halides is 1. The third-order valence-electron chi connectivity index (χ3n) is 1.86. The van der Waals surface area contributed by atoms with Gasteiger partial charge in [-0.1, -0.05) is 0 Å². The fourth-order valence-corrected chi connectivity index (χ4v) is 1.31. The highest BCUT2D eigenvalue weighted by atomic mass is 35.5. The second-order valence-corrected chi connectivity index (χ2v) is 3.42. The van der Waals surface area contributed by atoms with Gasteiger partial charge in [-0.25, -0.2) is 0 Å². The molecule has 1 saturated carbocycles. The van der Waals surface area contributed by atoms with Gasteiger partial charge >= 0.3 is 0 Å². The van der Waals surface area contributed by atoms with Crippen molar-refractivity contribution < 1.29 is 5.11 Å². The quantitative estimate of drug-likeness (QED) is 0.518. The Labute approximate surface area is 61.0 Å². The van der Waals surface area contributed by atoms with Crippen LogP contribution in [0.1, 0.15) is 26.2 Å². The van der Waals surface area contributed by atoms with Crippen LogP contribution < -0.4 is 0 Å². The molecule has 53 valence electrons. The van der Waals surface area contributed by atoms with Crippen LogP contribution in [0.25, 0.3) is 0 Å². The van der Waals surface area contributed by atoms with Gasteiger partial charge in [0.05, 0.1) is 11.0 Å². The van der Waals surface area contributed by atoms with Crippen molar-refractivity contribution in [2.75, 3.05) is 0 Å². The van der Waals surface area contributed by atoms with Gasteiger partial charge in [0.2, 0.25) is 0 Å². The molecule has 0 saturated heterocycles. The molecule has 0 aromatic rings. The van der Waals surface area contributed by atoms with E-state index in [-0.39, 0.29) is 5.38 Å². The van der Waals surface area contributed by atoms with Crippen molar-refractivity contribution in [3.05, 3.63) is 6.42 Å². The number of hydrogen-bond acceptors (Lipinski definition) is 1. The molecule has 9 heavy (non-hydrogen) atoms. The molecular formula is C7H12ClO. The van der Waals surface area contributed by atoms with Crippen molar-refractivity contribution in [2.24, 2.45) is 0 Å². The van der Waals surface area contributed by atoms with E-state index in [1.165, 1.54) is 0 Å². The van der Waals surface area contributed by atoms with Crippen LogP contribution in [0.5, 0.6) is 0 Å². The Hall–Kier alpha value is 0.250. The zero-order chi connectivity index (χ0) is 6.91. The van der Waals surface area contributed by atoms with E-state index in [0.29, 0.717) is 0 Å². The zero-order valence-electron chi connectivity index (χ0n) is 5.60. The smallest absolute Gasteiger partial charge is 0.0785 e. The average molecular weight is 148 g/mol.